The fourth-order valence-corrected chi connectivity index (χ4v) is 3.31. The van der Waals surface area contributed by atoms with E-state index in [-0.39, 0.29) is 5.91 Å². The molecule has 0 saturated heterocycles. The SMILES string of the molecule is COc1ccc(-c2cc(C(=O)Nc3nc(C)ns3)nn2-c2ccccc2)cc1. The third-order valence-corrected chi connectivity index (χ3v) is 4.80. The highest BCUT2D eigenvalue weighted by atomic mass is 32.1. The van der Waals surface area contributed by atoms with Gasteiger partial charge in [0.1, 0.15) is 11.6 Å². The van der Waals surface area contributed by atoms with Gasteiger partial charge < -0.3 is 4.74 Å². The van der Waals surface area contributed by atoms with Gasteiger partial charge in [0.05, 0.1) is 18.5 Å². The summed E-state index contributed by atoms with van der Waals surface area (Å²) in [5.74, 6) is 1.05. The van der Waals surface area contributed by atoms with Gasteiger partial charge in [-0.2, -0.15) is 9.47 Å². The Bertz CT molecular complexity index is 1100. The van der Waals surface area contributed by atoms with E-state index in [0.717, 1.165) is 34.2 Å². The maximum Gasteiger partial charge on any atom is 0.278 e. The molecule has 4 rings (SSSR count). The van der Waals surface area contributed by atoms with Crippen molar-refractivity contribution in [3.05, 3.63) is 72.2 Å². The van der Waals surface area contributed by atoms with Crippen LogP contribution in [0.25, 0.3) is 16.9 Å². The van der Waals surface area contributed by atoms with Crippen molar-refractivity contribution >= 4 is 22.6 Å². The normalized spacial score (nSPS) is 10.6. The molecule has 0 spiro atoms. The first-order chi connectivity index (χ1) is 13.6. The Kier molecular flexibility index (Phi) is 4.86. The molecule has 28 heavy (non-hydrogen) atoms. The zero-order valence-corrected chi connectivity index (χ0v) is 16.1. The van der Waals surface area contributed by atoms with Crippen LogP contribution in [0.3, 0.4) is 0 Å². The molecular weight excluding hydrogens is 374 g/mol. The van der Waals surface area contributed by atoms with Gasteiger partial charge in [-0.15, -0.1) is 0 Å². The van der Waals surface area contributed by atoms with Crippen molar-refractivity contribution in [1.82, 2.24) is 19.1 Å². The van der Waals surface area contributed by atoms with Crippen molar-refractivity contribution in [2.75, 3.05) is 12.4 Å². The van der Waals surface area contributed by atoms with Crippen LogP contribution in [0.15, 0.2) is 60.7 Å². The summed E-state index contributed by atoms with van der Waals surface area (Å²) in [7, 11) is 1.63. The van der Waals surface area contributed by atoms with Crippen molar-refractivity contribution in [3.63, 3.8) is 0 Å². The van der Waals surface area contributed by atoms with Crippen molar-refractivity contribution in [1.29, 1.82) is 0 Å². The number of aryl methyl sites for hydroxylation is 1. The zero-order valence-electron chi connectivity index (χ0n) is 15.3. The molecular formula is C20H17N5O2S. The number of nitrogens with one attached hydrogen (secondary N) is 1. The minimum absolute atomic E-state index is 0.294. The zero-order chi connectivity index (χ0) is 19.5. The molecule has 0 aliphatic rings. The van der Waals surface area contributed by atoms with Gasteiger partial charge in [0.2, 0.25) is 5.13 Å². The van der Waals surface area contributed by atoms with Crippen molar-refractivity contribution < 1.29 is 9.53 Å². The number of para-hydroxylation sites is 1. The molecule has 7 nitrogen and oxygen atoms in total. The van der Waals surface area contributed by atoms with Crippen LogP contribution in [0.1, 0.15) is 16.3 Å². The van der Waals surface area contributed by atoms with Gasteiger partial charge in [-0.1, -0.05) is 18.2 Å². The number of amides is 1. The van der Waals surface area contributed by atoms with E-state index >= 15 is 0 Å². The maximum absolute atomic E-state index is 12.7. The highest BCUT2D eigenvalue weighted by Gasteiger charge is 2.18. The molecule has 0 radical (unpaired) electrons. The van der Waals surface area contributed by atoms with E-state index in [2.05, 4.69) is 19.8 Å². The van der Waals surface area contributed by atoms with Crippen LogP contribution < -0.4 is 10.1 Å². The Morgan fingerprint density at radius 1 is 1.11 bits per heavy atom. The Labute approximate surface area is 165 Å². The minimum Gasteiger partial charge on any atom is -0.497 e. The predicted molar refractivity (Wildman–Crippen MR) is 108 cm³/mol. The molecule has 0 bridgehead atoms. The number of carbonyl (C=O) groups excluding carboxylic acids is 1. The molecule has 1 amide bonds. The lowest BCUT2D eigenvalue weighted by molar-refractivity contribution is 0.102. The molecule has 140 valence electrons. The van der Waals surface area contributed by atoms with Gasteiger partial charge in [0, 0.05) is 17.1 Å². The summed E-state index contributed by atoms with van der Waals surface area (Å²) in [5.41, 5.74) is 2.87. The summed E-state index contributed by atoms with van der Waals surface area (Å²) in [6.45, 7) is 1.78. The minimum atomic E-state index is -0.333. The quantitative estimate of drug-likeness (QED) is 0.557. The highest BCUT2D eigenvalue weighted by molar-refractivity contribution is 7.09. The van der Waals surface area contributed by atoms with Gasteiger partial charge in [0.25, 0.3) is 5.91 Å². The van der Waals surface area contributed by atoms with E-state index in [9.17, 15) is 4.79 Å². The van der Waals surface area contributed by atoms with Crippen molar-refractivity contribution in [2.24, 2.45) is 0 Å². The van der Waals surface area contributed by atoms with Gasteiger partial charge >= 0.3 is 0 Å². The largest absolute Gasteiger partial charge is 0.497 e. The average Bonchev–Trinajstić information content (AvgIpc) is 3.35. The number of methoxy groups -OCH3 is 1. The molecule has 4 aromatic rings. The van der Waals surface area contributed by atoms with Crippen LogP contribution >= 0.6 is 11.5 Å². The Morgan fingerprint density at radius 2 is 1.86 bits per heavy atom. The van der Waals surface area contributed by atoms with Crippen LogP contribution in [-0.2, 0) is 0 Å². The molecule has 8 heteroatoms. The fraction of sp³-hybridized carbons (Fsp3) is 0.100. The van der Waals surface area contributed by atoms with Crippen molar-refractivity contribution in [2.45, 2.75) is 6.92 Å². The summed E-state index contributed by atoms with van der Waals surface area (Å²) >= 11 is 1.14. The molecule has 2 aromatic carbocycles. The maximum atomic E-state index is 12.7. The number of hydrogen-bond acceptors (Lipinski definition) is 6. The summed E-state index contributed by atoms with van der Waals surface area (Å²) in [6, 6.07) is 19.1. The number of hydrogen-bond donors (Lipinski definition) is 1. The van der Waals surface area contributed by atoms with E-state index in [1.807, 2.05) is 54.6 Å². The standard InChI is InChI=1S/C20H17N5O2S/c1-13-21-20(28-24-13)22-19(26)17-12-18(14-8-10-16(27-2)11-9-14)25(23-17)15-6-4-3-5-7-15/h3-12H,1-2H3,(H,21,22,24,26). The van der Waals surface area contributed by atoms with E-state index in [1.165, 1.54) is 0 Å². The lowest BCUT2D eigenvalue weighted by atomic mass is 10.1. The smallest absolute Gasteiger partial charge is 0.278 e. The molecule has 0 atom stereocenters. The van der Waals surface area contributed by atoms with Crippen LogP contribution in [0.5, 0.6) is 5.75 Å². The van der Waals surface area contributed by atoms with E-state index in [4.69, 9.17) is 4.74 Å². The second kappa shape index (κ2) is 7.61. The number of aromatic nitrogens is 4. The number of ether oxygens (including phenoxy) is 1. The highest BCUT2D eigenvalue weighted by Crippen LogP contribution is 2.26. The number of anilines is 1. The third kappa shape index (κ3) is 3.63. The monoisotopic (exact) mass is 391 g/mol. The second-order valence-electron chi connectivity index (χ2n) is 5.99. The number of benzene rings is 2. The summed E-state index contributed by atoms with van der Waals surface area (Å²) < 4.78 is 11.1. The fourth-order valence-electron chi connectivity index (χ4n) is 2.73. The number of carbonyl (C=O) groups is 1. The van der Waals surface area contributed by atoms with Gasteiger partial charge in [-0.05, 0) is 49.4 Å². The van der Waals surface area contributed by atoms with Crippen molar-refractivity contribution in [3.8, 4) is 22.7 Å². The first-order valence-corrected chi connectivity index (χ1v) is 9.33. The van der Waals surface area contributed by atoms with Crippen LogP contribution in [-0.4, -0.2) is 32.2 Å². The average molecular weight is 391 g/mol. The topological polar surface area (TPSA) is 81.9 Å². The Balaban J connectivity index is 1.74. The predicted octanol–water partition coefficient (Wildman–Crippen LogP) is 3.96. The summed E-state index contributed by atoms with van der Waals surface area (Å²) in [5, 5.41) is 7.73. The summed E-state index contributed by atoms with van der Waals surface area (Å²) in [4.78, 5) is 16.9. The first-order valence-electron chi connectivity index (χ1n) is 8.55. The summed E-state index contributed by atoms with van der Waals surface area (Å²) in [6.07, 6.45) is 0. The lowest BCUT2D eigenvalue weighted by Crippen LogP contribution is -2.13. The Hall–Kier alpha value is -3.52. The molecule has 0 aliphatic heterocycles. The van der Waals surface area contributed by atoms with Crippen LogP contribution in [0.2, 0.25) is 0 Å². The molecule has 0 aliphatic carbocycles. The molecule has 1 N–H and O–H groups in total. The van der Waals surface area contributed by atoms with Gasteiger partial charge in [-0.3, -0.25) is 10.1 Å². The molecule has 2 heterocycles. The molecule has 0 unspecified atom stereocenters. The van der Waals surface area contributed by atoms with Gasteiger partial charge in [-0.25, -0.2) is 9.67 Å². The van der Waals surface area contributed by atoms with E-state index in [1.54, 1.807) is 24.8 Å². The number of nitrogens with zero attached hydrogens (tertiary/aromatic N) is 4. The van der Waals surface area contributed by atoms with Crippen LogP contribution in [0.4, 0.5) is 5.13 Å². The lowest BCUT2D eigenvalue weighted by Gasteiger charge is -2.08. The van der Waals surface area contributed by atoms with Crippen LogP contribution in [0, 0.1) is 6.92 Å². The second-order valence-corrected chi connectivity index (χ2v) is 6.74. The molecule has 0 fully saturated rings. The van der Waals surface area contributed by atoms with E-state index < -0.39 is 0 Å². The molecule has 0 saturated carbocycles. The van der Waals surface area contributed by atoms with Gasteiger partial charge in [0.15, 0.2) is 5.69 Å². The first kappa shape index (κ1) is 17.9. The molecule has 2 aromatic heterocycles. The third-order valence-electron chi connectivity index (χ3n) is 4.08. The number of rotatable bonds is 5. The van der Waals surface area contributed by atoms with E-state index in [0.29, 0.717) is 16.6 Å². The Morgan fingerprint density at radius 3 is 2.50 bits per heavy atom.